The summed E-state index contributed by atoms with van der Waals surface area (Å²) in [5.74, 6) is 1.38. The molecule has 1 atom stereocenters. The number of rotatable bonds is 14. The predicted octanol–water partition coefficient (Wildman–Crippen LogP) is 5.46. The number of aliphatic hydroxyl groups is 1. The van der Waals surface area contributed by atoms with E-state index in [4.69, 9.17) is 4.42 Å². The molecule has 0 bridgehead atoms. The first-order valence-electron chi connectivity index (χ1n) is 12.0. The highest BCUT2D eigenvalue weighted by Crippen LogP contribution is 2.44. The van der Waals surface area contributed by atoms with E-state index in [1.807, 2.05) is 30.3 Å². The third kappa shape index (κ3) is 6.50. The molecule has 1 N–H and O–H groups in total. The van der Waals surface area contributed by atoms with E-state index in [9.17, 15) is 9.90 Å². The summed E-state index contributed by atoms with van der Waals surface area (Å²) in [6.07, 6.45) is 14.8. The molecule has 5 heteroatoms. The number of benzene rings is 1. The summed E-state index contributed by atoms with van der Waals surface area (Å²) in [5, 5.41) is 11.8. The molecule has 0 radical (unpaired) electrons. The molecular weight excluding hydrogens is 388 g/mol. The Kier molecular flexibility index (Phi) is 9.29. The minimum atomic E-state index is -1.15. The molecule has 1 fully saturated rings. The Balaban J connectivity index is 1.53. The maximum atomic E-state index is 11.8. The fraction of sp³-hybridized carbons (Fsp3) is 0.615. The van der Waals surface area contributed by atoms with E-state index in [0.29, 0.717) is 18.9 Å². The van der Waals surface area contributed by atoms with Crippen LogP contribution in [-0.4, -0.2) is 34.9 Å². The third-order valence-electron chi connectivity index (χ3n) is 6.58. The molecule has 0 spiro atoms. The van der Waals surface area contributed by atoms with Crippen molar-refractivity contribution in [2.75, 3.05) is 13.6 Å². The number of carbonyl (C=O) groups excluding carboxylic acids is 1. The Bertz CT molecular complexity index is 770. The van der Waals surface area contributed by atoms with Crippen molar-refractivity contribution in [1.82, 2.24) is 9.88 Å². The van der Waals surface area contributed by atoms with Crippen LogP contribution in [0.15, 0.2) is 40.9 Å². The van der Waals surface area contributed by atoms with E-state index >= 15 is 0 Å². The second-order valence-corrected chi connectivity index (χ2v) is 9.06. The summed E-state index contributed by atoms with van der Waals surface area (Å²) in [4.78, 5) is 17.1. The molecule has 31 heavy (non-hydrogen) atoms. The van der Waals surface area contributed by atoms with Crippen LogP contribution in [0.5, 0.6) is 0 Å². The molecule has 170 valence electrons. The predicted molar refractivity (Wildman–Crippen MR) is 123 cm³/mol. The van der Waals surface area contributed by atoms with Crippen LogP contribution in [0.4, 0.5) is 0 Å². The molecule has 1 aromatic carbocycles. The molecule has 3 rings (SSSR count). The van der Waals surface area contributed by atoms with Gasteiger partial charge in [-0.25, -0.2) is 4.98 Å². The molecular formula is C26H38N2O3. The molecule has 0 saturated heterocycles. The Labute approximate surface area is 186 Å². The van der Waals surface area contributed by atoms with Crippen LogP contribution in [0.3, 0.4) is 0 Å². The average molecular weight is 427 g/mol. The summed E-state index contributed by atoms with van der Waals surface area (Å²) in [5.41, 5.74) is -0.282. The van der Waals surface area contributed by atoms with E-state index < -0.39 is 5.60 Å². The SMILES string of the molecule is CN(CCCCCCCCC=O)Cc1cnc(C(O)(c2ccccc2)C2CCCC2)o1. The minimum absolute atomic E-state index is 0.144. The summed E-state index contributed by atoms with van der Waals surface area (Å²) in [6.45, 7) is 1.71. The maximum absolute atomic E-state index is 11.8. The van der Waals surface area contributed by atoms with E-state index in [-0.39, 0.29) is 5.92 Å². The van der Waals surface area contributed by atoms with Crippen molar-refractivity contribution < 1.29 is 14.3 Å². The quantitative estimate of drug-likeness (QED) is 0.321. The number of carbonyl (C=O) groups is 1. The van der Waals surface area contributed by atoms with Crippen LogP contribution in [0.25, 0.3) is 0 Å². The number of unbranched alkanes of at least 4 members (excludes halogenated alkanes) is 6. The molecule has 1 aliphatic rings. The zero-order valence-corrected chi connectivity index (χ0v) is 19.0. The smallest absolute Gasteiger partial charge is 0.231 e. The number of oxazole rings is 1. The van der Waals surface area contributed by atoms with Crippen molar-refractivity contribution in [3.63, 3.8) is 0 Å². The Hall–Kier alpha value is -1.98. The molecule has 1 aliphatic carbocycles. The van der Waals surface area contributed by atoms with Crippen LogP contribution in [0.1, 0.15) is 87.8 Å². The highest BCUT2D eigenvalue weighted by atomic mass is 16.4. The van der Waals surface area contributed by atoms with Gasteiger partial charge in [0.2, 0.25) is 5.89 Å². The molecule has 2 aromatic rings. The van der Waals surface area contributed by atoms with Gasteiger partial charge in [0.1, 0.15) is 12.0 Å². The largest absolute Gasteiger partial charge is 0.441 e. The molecule has 0 aliphatic heterocycles. The summed E-state index contributed by atoms with van der Waals surface area (Å²) in [7, 11) is 2.10. The van der Waals surface area contributed by atoms with Crippen LogP contribution in [0, 0.1) is 5.92 Å². The number of aldehydes is 1. The Morgan fingerprint density at radius 3 is 2.48 bits per heavy atom. The molecule has 1 saturated carbocycles. The average Bonchev–Trinajstić information content (AvgIpc) is 3.49. The van der Waals surface area contributed by atoms with Gasteiger partial charge in [0.05, 0.1) is 12.7 Å². The third-order valence-corrected chi connectivity index (χ3v) is 6.58. The van der Waals surface area contributed by atoms with Crippen molar-refractivity contribution in [3.8, 4) is 0 Å². The lowest BCUT2D eigenvalue weighted by molar-refractivity contribution is -0.107. The van der Waals surface area contributed by atoms with Gasteiger partial charge in [-0.15, -0.1) is 0 Å². The fourth-order valence-corrected chi connectivity index (χ4v) is 4.79. The Morgan fingerprint density at radius 1 is 1.10 bits per heavy atom. The lowest BCUT2D eigenvalue weighted by Gasteiger charge is -2.31. The van der Waals surface area contributed by atoms with E-state index in [0.717, 1.165) is 69.1 Å². The molecule has 1 heterocycles. The van der Waals surface area contributed by atoms with Gasteiger partial charge < -0.3 is 14.3 Å². The van der Waals surface area contributed by atoms with Crippen molar-refractivity contribution >= 4 is 6.29 Å². The van der Waals surface area contributed by atoms with Crippen LogP contribution < -0.4 is 0 Å². The van der Waals surface area contributed by atoms with Gasteiger partial charge in [0.25, 0.3) is 0 Å². The van der Waals surface area contributed by atoms with Gasteiger partial charge >= 0.3 is 0 Å². The highest BCUT2D eigenvalue weighted by Gasteiger charge is 2.45. The topological polar surface area (TPSA) is 66.6 Å². The van der Waals surface area contributed by atoms with Gasteiger partial charge in [0.15, 0.2) is 5.60 Å². The molecule has 1 aromatic heterocycles. The van der Waals surface area contributed by atoms with Crippen LogP contribution in [-0.2, 0) is 16.9 Å². The number of nitrogens with zero attached hydrogens (tertiary/aromatic N) is 2. The molecule has 0 amide bonds. The van der Waals surface area contributed by atoms with Gasteiger partial charge in [0, 0.05) is 12.3 Å². The van der Waals surface area contributed by atoms with E-state index in [2.05, 4.69) is 16.9 Å². The van der Waals surface area contributed by atoms with Crippen molar-refractivity contribution in [2.24, 2.45) is 5.92 Å². The monoisotopic (exact) mass is 426 g/mol. The summed E-state index contributed by atoms with van der Waals surface area (Å²) >= 11 is 0. The first-order valence-corrected chi connectivity index (χ1v) is 12.0. The van der Waals surface area contributed by atoms with Crippen molar-refractivity contribution in [2.45, 2.75) is 82.8 Å². The van der Waals surface area contributed by atoms with Gasteiger partial charge in [-0.05, 0) is 44.8 Å². The fourth-order valence-electron chi connectivity index (χ4n) is 4.79. The Morgan fingerprint density at radius 2 is 1.77 bits per heavy atom. The van der Waals surface area contributed by atoms with Crippen molar-refractivity contribution in [3.05, 3.63) is 53.7 Å². The zero-order valence-electron chi connectivity index (χ0n) is 19.0. The first kappa shape index (κ1) is 23.7. The van der Waals surface area contributed by atoms with E-state index in [1.54, 1.807) is 6.20 Å². The van der Waals surface area contributed by atoms with Gasteiger partial charge in [-0.2, -0.15) is 0 Å². The standard InChI is InChI=1S/C26H38N2O3/c1-28(18-12-5-3-2-4-6-13-19-29)21-24-20-27-25(31-24)26(30,23-16-10-11-17-23)22-14-8-7-9-15-22/h7-9,14-15,19-20,23,30H,2-6,10-13,16-18,21H2,1H3. The second-order valence-electron chi connectivity index (χ2n) is 9.06. The highest BCUT2D eigenvalue weighted by molar-refractivity contribution is 5.48. The zero-order chi connectivity index (χ0) is 21.9. The lowest BCUT2D eigenvalue weighted by Crippen LogP contribution is -2.35. The maximum Gasteiger partial charge on any atom is 0.231 e. The number of aromatic nitrogens is 1. The van der Waals surface area contributed by atoms with Crippen molar-refractivity contribution in [1.29, 1.82) is 0 Å². The second kappa shape index (κ2) is 12.2. The number of hydrogen-bond donors (Lipinski definition) is 1. The lowest BCUT2D eigenvalue weighted by atomic mass is 9.80. The van der Waals surface area contributed by atoms with Gasteiger partial charge in [-0.1, -0.05) is 68.9 Å². The summed E-state index contributed by atoms with van der Waals surface area (Å²) < 4.78 is 6.14. The minimum Gasteiger partial charge on any atom is -0.441 e. The van der Waals surface area contributed by atoms with E-state index in [1.165, 1.54) is 19.3 Å². The number of hydrogen-bond acceptors (Lipinski definition) is 5. The molecule has 5 nitrogen and oxygen atoms in total. The van der Waals surface area contributed by atoms with Gasteiger partial charge in [-0.3, -0.25) is 4.90 Å². The van der Waals surface area contributed by atoms with Crippen LogP contribution in [0.2, 0.25) is 0 Å². The normalized spacial score (nSPS) is 16.6. The molecule has 1 unspecified atom stereocenters. The summed E-state index contributed by atoms with van der Waals surface area (Å²) in [6, 6.07) is 9.87. The first-order chi connectivity index (χ1) is 15.1. The van der Waals surface area contributed by atoms with Crippen LogP contribution >= 0.6 is 0 Å².